The molecule has 0 aromatic heterocycles. The molecule has 4 saturated carbocycles. The third kappa shape index (κ3) is 2.27. The molecule has 0 radical (unpaired) electrons. The quantitative estimate of drug-likeness (QED) is 0.792. The molecule has 0 bridgehead atoms. The summed E-state index contributed by atoms with van der Waals surface area (Å²) in [5, 5.41) is 19.8. The van der Waals surface area contributed by atoms with Crippen LogP contribution in [0.4, 0.5) is 0 Å². The molecular formula is C21H36O2. The highest BCUT2D eigenvalue weighted by Gasteiger charge is 2.60. The van der Waals surface area contributed by atoms with Crippen LogP contribution in [0.1, 0.15) is 78.1 Å². The lowest BCUT2D eigenvalue weighted by Crippen LogP contribution is -2.53. The zero-order valence-corrected chi connectivity index (χ0v) is 15.1. The highest BCUT2D eigenvalue weighted by atomic mass is 16.3. The molecular weight excluding hydrogens is 284 g/mol. The van der Waals surface area contributed by atoms with Gasteiger partial charge in [-0.2, -0.15) is 0 Å². The molecule has 8 atom stereocenters. The summed E-state index contributed by atoms with van der Waals surface area (Å²) in [4.78, 5) is 0. The zero-order valence-electron chi connectivity index (χ0n) is 15.1. The fraction of sp³-hybridized carbons (Fsp3) is 1.00. The number of fused-ring (bicyclic) bond motifs is 5. The van der Waals surface area contributed by atoms with Gasteiger partial charge in [0.25, 0.3) is 0 Å². The van der Waals surface area contributed by atoms with E-state index in [0.29, 0.717) is 11.3 Å². The fourth-order valence-electron chi connectivity index (χ4n) is 8.10. The summed E-state index contributed by atoms with van der Waals surface area (Å²) in [6.07, 6.45) is 13.3. The molecule has 4 unspecified atom stereocenters. The summed E-state index contributed by atoms with van der Waals surface area (Å²) in [6, 6.07) is 0. The first-order valence-corrected chi connectivity index (χ1v) is 10.3. The van der Waals surface area contributed by atoms with Crippen LogP contribution in [0.3, 0.4) is 0 Å². The van der Waals surface area contributed by atoms with E-state index in [0.717, 1.165) is 30.1 Å². The van der Waals surface area contributed by atoms with Crippen LogP contribution >= 0.6 is 0 Å². The third-order valence-electron chi connectivity index (χ3n) is 9.31. The highest BCUT2D eigenvalue weighted by molar-refractivity contribution is 5.09. The molecule has 0 saturated heterocycles. The molecule has 0 spiro atoms. The maximum Gasteiger partial charge on any atom is 0.0804 e. The van der Waals surface area contributed by atoms with Gasteiger partial charge in [0, 0.05) is 0 Å². The van der Waals surface area contributed by atoms with Crippen LogP contribution in [0, 0.1) is 40.4 Å². The first-order valence-electron chi connectivity index (χ1n) is 10.3. The van der Waals surface area contributed by atoms with E-state index in [-0.39, 0.29) is 12.0 Å². The number of rotatable bonds is 2. The van der Waals surface area contributed by atoms with Crippen molar-refractivity contribution >= 4 is 0 Å². The zero-order chi connectivity index (χ0) is 16.2. The van der Waals surface area contributed by atoms with E-state index in [1.165, 1.54) is 57.8 Å². The molecule has 2 nitrogen and oxygen atoms in total. The molecule has 23 heavy (non-hydrogen) atoms. The average molecular weight is 321 g/mol. The molecule has 4 rings (SSSR count). The van der Waals surface area contributed by atoms with E-state index >= 15 is 0 Å². The Morgan fingerprint density at radius 3 is 2.43 bits per heavy atom. The van der Waals surface area contributed by atoms with Crippen LogP contribution in [0.15, 0.2) is 0 Å². The Labute approximate surface area is 142 Å². The Balaban J connectivity index is 1.60. The van der Waals surface area contributed by atoms with Gasteiger partial charge in [-0.1, -0.05) is 26.7 Å². The molecule has 4 aliphatic rings. The van der Waals surface area contributed by atoms with E-state index in [9.17, 15) is 10.2 Å². The van der Waals surface area contributed by atoms with Crippen molar-refractivity contribution in [2.75, 3.05) is 6.61 Å². The lowest BCUT2D eigenvalue weighted by atomic mass is 9.45. The molecule has 0 aromatic carbocycles. The second-order valence-corrected chi connectivity index (χ2v) is 9.88. The normalized spacial score (nSPS) is 54.0. The molecule has 0 amide bonds. The SMILES string of the molecule is C[C@]12CCC3C(CC[C@H]4CCCC[C@]34C)C1CCC2[C@H](O)CO. The van der Waals surface area contributed by atoms with Gasteiger partial charge in [0.15, 0.2) is 0 Å². The molecule has 4 aliphatic carbocycles. The van der Waals surface area contributed by atoms with Crippen molar-refractivity contribution in [3.8, 4) is 0 Å². The Morgan fingerprint density at radius 2 is 1.65 bits per heavy atom. The second kappa shape index (κ2) is 5.73. The van der Waals surface area contributed by atoms with Crippen molar-refractivity contribution in [2.45, 2.75) is 84.2 Å². The number of aliphatic hydroxyl groups excluding tert-OH is 2. The van der Waals surface area contributed by atoms with Crippen molar-refractivity contribution in [2.24, 2.45) is 40.4 Å². The van der Waals surface area contributed by atoms with Crippen LogP contribution in [-0.2, 0) is 0 Å². The smallest absolute Gasteiger partial charge is 0.0804 e. The standard InChI is InChI=1S/C21H36O2/c1-20-11-4-3-5-14(20)6-7-15-16-8-9-18(19(23)13-22)21(16,2)12-10-17(15)20/h14-19,22-23H,3-13H2,1-2H3/t14-,15?,16?,17?,18?,19-,20+,21+/m1/s1. The number of hydrogen-bond donors (Lipinski definition) is 2. The van der Waals surface area contributed by atoms with E-state index in [2.05, 4.69) is 13.8 Å². The van der Waals surface area contributed by atoms with E-state index in [4.69, 9.17) is 0 Å². The van der Waals surface area contributed by atoms with E-state index in [1.807, 2.05) is 0 Å². The van der Waals surface area contributed by atoms with Crippen molar-refractivity contribution < 1.29 is 10.2 Å². The maximum atomic E-state index is 10.3. The highest BCUT2D eigenvalue weighted by Crippen LogP contribution is 2.67. The van der Waals surface area contributed by atoms with Gasteiger partial charge in [0.1, 0.15) is 0 Å². The predicted octanol–water partition coefficient (Wildman–Crippen LogP) is 4.39. The molecule has 4 fully saturated rings. The molecule has 2 heteroatoms. The minimum absolute atomic E-state index is 0.0547. The van der Waals surface area contributed by atoms with Crippen molar-refractivity contribution in [3.05, 3.63) is 0 Å². The topological polar surface area (TPSA) is 40.5 Å². The Kier molecular flexibility index (Phi) is 4.08. The largest absolute Gasteiger partial charge is 0.394 e. The summed E-state index contributed by atoms with van der Waals surface area (Å²) < 4.78 is 0. The van der Waals surface area contributed by atoms with Crippen LogP contribution in [-0.4, -0.2) is 22.9 Å². The van der Waals surface area contributed by atoms with Crippen LogP contribution < -0.4 is 0 Å². The van der Waals surface area contributed by atoms with Crippen LogP contribution in [0.5, 0.6) is 0 Å². The number of hydrogen-bond acceptors (Lipinski definition) is 2. The third-order valence-corrected chi connectivity index (χ3v) is 9.31. The van der Waals surface area contributed by atoms with Gasteiger partial charge in [-0.15, -0.1) is 0 Å². The van der Waals surface area contributed by atoms with Gasteiger partial charge in [-0.3, -0.25) is 0 Å². The minimum Gasteiger partial charge on any atom is -0.394 e. The molecule has 0 aliphatic heterocycles. The van der Waals surface area contributed by atoms with E-state index < -0.39 is 6.10 Å². The molecule has 0 aromatic rings. The molecule has 0 heterocycles. The first kappa shape index (κ1) is 16.4. The second-order valence-electron chi connectivity index (χ2n) is 9.88. The lowest BCUT2D eigenvalue weighted by Gasteiger charge is -2.60. The van der Waals surface area contributed by atoms with Crippen molar-refractivity contribution in [3.63, 3.8) is 0 Å². The fourth-order valence-corrected chi connectivity index (χ4v) is 8.10. The minimum atomic E-state index is -0.497. The molecule has 132 valence electrons. The number of aliphatic hydroxyl groups is 2. The van der Waals surface area contributed by atoms with Crippen LogP contribution in [0.2, 0.25) is 0 Å². The van der Waals surface area contributed by atoms with E-state index in [1.54, 1.807) is 0 Å². The average Bonchev–Trinajstić information content (AvgIpc) is 2.91. The monoisotopic (exact) mass is 320 g/mol. The van der Waals surface area contributed by atoms with Gasteiger partial charge in [-0.25, -0.2) is 0 Å². The summed E-state index contributed by atoms with van der Waals surface area (Å²) >= 11 is 0. The van der Waals surface area contributed by atoms with Gasteiger partial charge in [0.05, 0.1) is 12.7 Å². The first-order chi connectivity index (χ1) is 11.0. The summed E-state index contributed by atoms with van der Waals surface area (Å²) in [6.45, 7) is 5.02. The molecule has 2 N–H and O–H groups in total. The maximum absolute atomic E-state index is 10.3. The van der Waals surface area contributed by atoms with Crippen molar-refractivity contribution in [1.29, 1.82) is 0 Å². The van der Waals surface area contributed by atoms with Gasteiger partial charge >= 0.3 is 0 Å². The van der Waals surface area contributed by atoms with Crippen molar-refractivity contribution in [1.82, 2.24) is 0 Å². The summed E-state index contributed by atoms with van der Waals surface area (Å²) in [5.74, 6) is 3.94. The Hall–Kier alpha value is -0.0800. The lowest BCUT2D eigenvalue weighted by molar-refractivity contribution is -0.122. The predicted molar refractivity (Wildman–Crippen MR) is 92.9 cm³/mol. The van der Waals surface area contributed by atoms with Gasteiger partial charge in [-0.05, 0) is 91.8 Å². The Bertz CT molecular complexity index is 449. The van der Waals surface area contributed by atoms with Crippen LogP contribution in [0.25, 0.3) is 0 Å². The van der Waals surface area contributed by atoms with Gasteiger partial charge < -0.3 is 10.2 Å². The summed E-state index contributed by atoms with van der Waals surface area (Å²) in [7, 11) is 0. The Morgan fingerprint density at radius 1 is 0.870 bits per heavy atom. The summed E-state index contributed by atoms with van der Waals surface area (Å²) in [5.41, 5.74) is 0.886. The van der Waals surface area contributed by atoms with Gasteiger partial charge in [0.2, 0.25) is 0 Å².